The average molecular weight is 246 g/mol. The van der Waals surface area contributed by atoms with E-state index in [1.165, 1.54) is 12.1 Å². The molecule has 1 amide bonds. The summed E-state index contributed by atoms with van der Waals surface area (Å²) in [5.41, 5.74) is 0.975. The molecule has 0 aliphatic rings. The molecule has 2 aromatic rings. The van der Waals surface area contributed by atoms with Crippen LogP contribution in [0.5, 0.6) is 0 Å². The van der Waals surface area contributed by atoms with Crippen molar-refractivity contribution in [3.63, 3.8) is 0 Å². The zero-order valence-electron chi connectivity index (χ0n) is 10.4. The van der Waals surface area contributed by atoms with Crippen molar-refractivity contribution in [3.8, 4) is 0 Å². The highest BCUT2D eigenvalue weighted by molar-refractivity contribution is 5.94. The van der Waals surface area contributed by atoms with Crippen LogP contribution in [-0.4, -0.2) is 17.4 Å². The van der Waals surface area contributed by atoms with Crippen LogP contribution < -0.4 is 5.32 Å². The molecule has 0 atom stereocenters. The van der Waals surface area contributed by atoms with Gasteiger partial charge in [-0.1, -0.05) is 19.9 Å². The van der Waals surface area contributed by atoms with Crippen molar-refractivity contribution in [2.75, 3.05) is 6.54 Å². The molecule has 3 nitrogen and oxygen atoms in total. The van der Waals surface area contributed by atoms with Crippen molar-refractivity contribution in [1.82, 2.24) is 10.3 Å². The highest BCUT2D eigenvalue weighted by Gasteiger charge is 2.08. The lowest BCUT2D eigenvalue weighted by molar-refractivity contribution is 0.0944. The molecule has 1 heterocycles. The molecule has 0 aliphatic heterocycles. The molecule has 94 valence electrons. The third-order valence-electron chi connectivity index (χ3n) is 2.55. The van der Waals surface area contributed by atoms with E-state index in [4.69, 9.17) is 0 Å². The summed E-state index contributed by atoms with van der Waals surface area (Å²) in [6.07, 6.45) is 0. The molecule has 1 aromatic heterocycles. The summed E-state index contributed by atoms with van der Waals surface area (Å²) >= 11 is 0. The number of halogens is 1. The van der Waals surface area contributed by atoms with Crippen molar-refractivity contribution in [2.24, 2.45) is 5.92 Å². The molecule has 1 aromatic carbocycles. The molecular formula is C14H15FN2O. The summed E-state index contributed by atoms with van der Waals surface area (Å²) < 4.78 is 13.0. The molecule has 0 saturated heterocycles. The zero-order valence-corrected chi connectivity index (χ0v) is 10.4. The maximum atomic E-state index is 13.0. The molecular weight excluding hydrogens is 231 g/mol. The van der Waals surface area contributed by atoms with Gasteiger partial charge >= 0.3 is 0 Å². The Morgan fingerprint density at radius 3 is 2.83 bits per heavy atom. The molecule has 0 radical (unpaired) electrons. The first kappa shape index (κ1) is 12.5. The van der Waals surface area contributed by atoms with Crippen LogP contribution in [0.1, 0.15) is 24.3 Å². The van der Waals surface area contributed by atoms with E-state index in [2.05, 4.69) is 10.3 Å². The zero-order chi connectivity index (χ0) is 13.1. The Morgan fingerprint density at radius 1 is 1.33 bits per heavy atom. The molecule has 4 heteroatoms. The summed E-state index contributed by atoms with van der Waals surface area (Å²) in [4.78, 5) is 16.0. The van der Waals surface area contributed by atoms with Crippen LogP contribution in [-0.2, 0) is 0 Å². The van der Waals surface area contributed by atoms with E-state index in [-0.39, 0.29) is 11.7 Å². The minimum atomic E-state index is -0.304. The topological polar surface area (TPSA) is 42.0 Å². The smallest absolute Gasteiger partial charge is 0.269 e. The number of pyridine rings is 1. The molecule has 0 fully saturated rings. The Balaban J connectivity index is 2.24. The fourth-order valence-corrected chi connectivity index (χ4v) is 1.61. The number of nitrogens with zero attached hydrogens (tertiary/aromatic N) is 1. The number of hydrogen-bond acceptors (Lipinski definition) is 2. The highest BCUT2D eigenvalue weighted by Crippen LogP contribution is 2.14. The van der Waals surface area contributed by atoms with E-state index in [0.717, 1.165) is 0 Å². The number of aromatic nitrogens is 1. The second kappa shape index (κ2) is 5.12. The number of benzene rings is 1. The number of rotatable bonds is 3. The van der Waals surface area contributed by atoms with Crippen molar-refractivity contribution >= 4 is 16.8 Å². The third kappa shape index (κ3) is 2.83. The number of carbonyl (C=O) groups is 1. The van der Waals surface area contributed by atoms with Crippen molar-refractivity contribution in [2.45, 2.75) is 13.8 Å². The second-order valence-electron chi connectivity index (χ2n) is 4.64. The first-order chi connectivity index (χ1) is 8.56. The summed E-state index contributed by atoms with van der Waals surface area (Å²) in [5, 5.41) is 3.49. The minimum absolute atomic E-state index is 0.199. The van der Waals surface area contributed by atoms with Gasteiger partial charge in [-0.2, -0.15) is 0 Å². The van der Waals surface area contributed by atoms with Crippen molar-refractivity contribution in [1.29, 1.82) is 0 Å². The number of amides is 1. The maximum Gasteiger partial charge on any atom is 0.269 e. The predicted octanol–water partition coefficient (Wildman–Crippen LogP) is 2.76. The van der Waals surface area contributed by atoms with E-state index in [1.807, 2.05) is 13.8 Å². The molecule has 18 heavy (non-hydrogen) atoms. The lowest BCUT2D eigenvalue weighted by atomic mass is 10.2. The first-order valence-corrected chi connectivity index (χ1v) is 5.91. The van der Waals surface area contributed by atoms with E-state index >= 15 is 0 Å². The molecule has 0 aliphatic carbocycles. The van der Waals surface area contributed by atoms with E-state index in [9.17, 15) is 9.18 Å². The number of carbonyl (C=O) groups excluding carboxylic acids is 1. The fourth-order valence-electron chi connectivity index (χ4n) is 1.61. The van der Waals surface area contributed by atoms with Crippen LogP contribution in [0.25, 0.3) is 10.9 Å². The van der Waals surface area contributed by atoms with Gasteiger partial charge in [-0.05, 0) is 30.2 Å². The largest absolute Gasteiger partial charge is 0.350 e. The Hall–Kier alpha value is -1.97. The van der Waals surface area contributed by atoms with Gasteiger partial charge in [0.05, 0.1) is 5.52 Å². The SMILES string of the molecule is CC(C)CNC(=O)c1ccc2cc(F)ccc2n1. The minimum Gasteiger partial charge on any atom is -0.350 e. The molecule has 0 saturated carbocycles. The predicted molar refractivity (Wildman–Crippen MR) is 68.9 cm³/mol. The monoisotopic (exact) mass is 246 g/mol. The lowest BCUT2D eigenvalue weighted by Gasteiger charge is -2.07. The summed E-state index contributed by atoms with van der Waals surface area (Å²) in [7, 11) is 0. The lowest BCUT2D eigenvalue weighted by Crippen LogP contribution is -2.27. The molecule has 0 bridgehead atoms. The van der Waals surface area contributed by atoms with Crippen LogP contribution in [0.3, 0.4) is 0 Å². The second-order valence-corrected chi connectivity index (χ2v) is 4.64. The van der Waals surface area contributed by atoms with E-state index in [0.29, 0.717) is 29.1 Å². The van der Waals surface area contributed by atoms with E-state index < -0.39 is 0 Å². The number of fused-ring (bicyclic) bond motifs is 1. The molecule has 1 N–H and O–H groups in total. The standard InChI is InChI=1S/C14H15FN2O/c1-9(2)8-16-14(18)13-5-3-10-7-11(15)4-6-12(10)17-13/h3-7,9H,8H2,1-2H3,(H,16,18). The fraction of sp³-hybridized carbons (Fsp3) is 0.286. The Kier molecular flexibility index (Phi) is 3.55. The van der Waals surface area contributed by atoms with Gasteiger partial charge in [0.1, 0.15) is 11.5 Å². The normalized spacial score (nSPS) is 10.9. The average Bonchev–Trinajstić information content (AvgIpc) is 2.35. The quantitative estimate of drug-likeness (QED) is 0.904. The van der Waals surface area contributed by atoms with E-state index in [1.54, 1.807) is 18.2 Å². The van der Waals surface area contributed by atoms with Crippen molar-refractivity contribution in [3.05, 3.63) is 41.8 Å². The Morgan fingerprint density at radius 2 is 2.11 bits per heavy atom. The van der Waals surface area contributed by atoms with Gasteiger partial charge in [0, 0.05) is 11.9 Å². The Labute approximate surface area is 105 Å². The molecule has 2 rings (SSSR count). The van der Waals surface area contributed by atoms with Gasteiger partial charge in [0.2, 0.25) is 0 Å². The van der Waals surface area contributed by atoms with Crippen LogP contribution in [0.2, 0.25) is 0 Å². The number of hydrogen-bond donors (Lipinski definition) is 1. The summed E-state index contributed by atoms with van der Waals surface area (Å²) in [6.45, 7) is 4.66. The van der Waals surface area contributed by atoms with Gasteiger partial charge in [0.15, 0.2) is 0 Å². The maximum absolute atomic E-state index is 13.0. The van der Waals surface area contributed by atoms with Crippen LogP contribution in [0.15, 0.2) is 30.3 Å². The van der Waals surface area contributed by atoms with Gasteiger partial charge in [-0.15, -0.1) is 0 Å². The van der Waals surface area contributed by atoms with Gasteiger partial charge in [0.25, 0.3) is 5.91 Å². The summed E-state index contributed by atoms with van der Waals surface area (Å²) in [6, 6.07) is 7.63. The van der Waals surface area contributed by atoms with Gasteiger partial charge in [-0.3, -0.25) is 4.79 Å². The van der Waals surface area contributed by atoms with Crippen LogP contribution >= 0.6 is 0 Å². The van der Waals surface area contributed by atoms with Gasteiger partial charge < -0.3 is 5.32 Å². The molecule has 0 unspecified atom stereocenters. The van der Waals surface area contributed by atoms with Crippen LogP contribution in [0, 0.1) is 11.7 Å². The first-order valence-electron chi connectivity index (χ1n) is 5.91. The molecule has 0 spiro atoms. The van der Waals surface area contributed by atoms with Crippen LogP contribution in [0.4, 0.5) is 4.39 Å². The van der Waals surface area contributed by atoms with Gasteiger partial charge in [-0.25, -0.2) is 9.37 Å². The highest BCUT2D eigenvalue weighted by atomic mass is 19.1. The van der Waals surface area contributed by atoms with Crippen molar-refractivity contribution < 1.29 is 9.18 Å². The Bertz CT molecular complexity index is 581. The summed E-state index contributed by atoms with van der Waals surface area (Å²) in [5.74, 6) is -0.111. The third-order valence-corrected chi connectivity index (χ3v) is 2.55. The number of nitrogens with one attached hydrogen (secondary N) is 1.